The van der Waals surface area contributed by atoms with Crippen molar-refractivity contribution in [2.45, 2.75) is 13.0 Å². The summed E-state index contributed by atoms with van der Waals surface area (Å²) >= 11 is 7.74. The van der Waals surface area contributed by atoms with Gasteiger partial charge in [0.05, 0.1) is 11.4 Å². The zero-order chi connectivity index (χ0) is 18.5. The number of hydrogen-bond donors (Lipinski definition) is 0. The van der Waals surface area contributed by atoms with Crippen molar-refractivity contribution in [1.29, 1.82) is 0 Å². The molecule has 0 saturated heterocycles. The van der Waals surface area contributed by atoms with Crippen LogP contribution in [0.25, 0.3) is 11.3 Å². The molecule has 1 aromatic heterocycles. The minimum Gasteiger partial charge on any atom is -0.316 e. The maximum atomic E-state index is 6.07. The summed E-state index contributed by atoms with van der Waals surface area (Å²) in [6, 6.07) is 28.7. The largest absolute Gasteiger partial charge is 0.316 e. The lowest BCUT2D eigenvalue weighted by molar-refractivity contribution is 0.684. The minimum absolute atomic E-state index is 0. The lowest BCUT2D eigenvalue weighted by atomic mass is 10.1. The van der Waals surface area contributed by atoms with E-state index >= 15 is 0 Å². The van der Waals surface area contributed by atoms with E-state index in [2.05, 4.69) is 52.4 Å². The van der Waals surface area contributed by atoms with E-state index in [9.17, 15) is 0 Å². The summed E-state index contributed by atoms with van der Waals surface area (Å²) in [5.74, 6) is 0. The fourth-order valence-electron chi connectivity index (χ4n) is 2.98. The molecule has 2 nitrogen and oxygen atoms in total. The molecule has 0 atom stereocenters. The van der Waals surface area contributed by atoms with Gasteiger partial charge in [-0.15, -0.1) is 28.3 Å². The lowest BCUT2D eigenvalue weighted by Gasteiger charge is -2.10. The second-order valence-electron chi connectivity index (χ2n) is 6.24. The van der Waals surface area contributed by atoms with Gasteiger partial charge < -0.3 is 4.57 Å². The van der Waals surface area contributed by atoms with Gasteiger partial charge >= 0.3 is 0 Å². The van der Waals surface area contributed by atoms with Crippen molar-refractivity contribution in [1.82, 2.24) is 4.57 Å². The van der Waals surface area contributed by atoms with E-state index in [1.165, 1.54) is 11.3 Å². The minimum atomic E-state index is 0. The summed E-state index contributed by atoms with van der Waals surface area (Å²) in [4.78, 5) is 5.87. The highest BCUT2D eigenvalue weighted by Crippen LogP contribution is 2.23. The van der Waals surface area contributed by atoms with Gasteiger partial charge in [-0.2, -0.15) is 0 Å². The molecule has 0 aliphatic rings. The predicted octanol–water partition coefficient (Wildman–Crippen LogP) is 6.92. The van der Waals surface area contributed by atoms with Crippen molar-refractivity contribution < 1.29 is 0 Å². The molecular weight excluding hydrogens is 452 g/mol. The molecule has 3 aromatic carbocycles. The van der Waals surface area contributed by atoms with Gasteiger partial charge in [0.2, 0.25) is 0 Å². The molecule has 0 aliphatic carbocycles. The lowest BCUT2D eigenvalue weighted by Crippen LogP contribution is -2.17. The molecular formula is C23H20BrClN2S. The monoisotopic (exact) mass is 470 g/mol. The molecule has 0 radical (unpaired) electrons. The Labute approximate surface area is 184 Å². The summed E-state index contributed by atoms with van der Waals surface area (Å²) < 4.78 is 2.30. The molecule has 0 unspecified atom stereocenters. The first kappa shape index (κ1) is 20.6. The molecule has 1 heterocycles. The topological polar surface area (TPSA) is 17.3 Å². The van der Waals surface area contributed by atoms with E-state index in [4.69, 9.17) is 16.6 Å². The summed E-state index contributed by atoms with van der Waals surface area (Å²) in [5, 5.41) is 2.93. The average Bonchev–Trinajstić information content (AvgIpc) is 3.11. The van der Waals surface area contributed by atoms with E-state index < -0.39 is 0 Å². The number of aromatic nitrogens is 1. The molecule has 0 bridgehead atoms. The van der Waals surface area contributed by atoms with Crippen molar-refractivity contribution in [3.63, 3.8) is 0 Å². The summed E-state index contributed by atoms with van der Waals surface area (Å²) in [6.07, 6.45) is 0.958. The second kappa shape index (κ2) is 9.87. The van der Waals surface area contributed by atoms with Crippen molar-refractivity contribution in [2.75, 3.05) is 0 Å². The summed E-state index contributed by atoms with van der Waals surface area (Å²) in [7, 11) is 0. The Morgan fingerprint density at radius 3 is 2.14 bits per heavy atom. The van der Waals surface area contributed by atoms with Crippen LogP contribution in [0.5, 0.6) is 0 Å². The van der Waals surface area contributed by atoms with Crippen LogP contribution in [-0.2, 0) is 13.0 Å². The summed E-state index contributed by atoms with van der Waals surface area (Å²) in [5.41, 5.74) is 4.61. The number of halogens is 2. The highest BCUT2D eigenvalue weighted by molar-refractivity contribution is 8.93. The second-order valence-corrected chi connectivity index (χ2v) is 7.52. The molecule has 5 heteroatoms. The predicted molar refractivity (Wildman–Crippen MR) is 125 cm³/mol. The van der Waals surface area contributed by atoms with Gasteiger partial charge in [0.25, 0.3) is 0 Å². The molecule has 0 spiro atoms. The summed E-state index contributed by atoms with van der Waals surface area (Å²) in [6.45, 7) is 0.872. The third kappa shape index (κ3) is 5.02. The smallest absolute Gasteiger partial charge is 0.190 e. The maximum absolute atomic E-state index is 6.07. The standard InChI is InChI=1S/C23H19ClN2S.BrH/c24-20-13-11-19(12-14-20)22-17-27-23(25-21-9-5-2-6-10-21)26(22)16-15-18-7-3-1-4-8-18;/h1-14,17H,15-16H2;1H. The molecule has 0 saturated carbocycles. The Balaban J connectivity index is 0.00000225. The van der Waals surface area contributed by atoms with Crippen LogP contribution in [0, 0.1) is 0 Å². The molecule has 4 rings (SSSR count). The van der Waals surface area contributed by atoms with Crippen LogP contribution in [-0.4, -0.2) is 4.57 Å². The molecule has 4 aromatic rings. The molecule has 0 fully saturated rings. The highest BCUT2D eigenvalue weighted by atomic mass is 79.9. The van der Waals surface area contributed by atoms with Crippen molar-refractivity contribution in [3.05, 3.63) is 106 Å². The van der Waals surface area contributed by atoms with Crippen LogP contribution in [0.15, 0.2) is 95.3 Å². The first-order chi connectivity index (χ1) is 13.3. The first-order valence-corrected chi connectivity index (χ1v) is 10.1. The van der Waals surface area contributed by atoms with E-state index in [1.807, 2.05) is 42.5 Å². The van der Waals surface area contributed by atoms with Crippen LogP contribution in [0.4, 0.5) is 5.69 Å². The number of thiazole rings is 1. The van der Waals surface area contributed by atoms with Crippen molar-refractivity contribution in [3.8, 4) is 11.3 Å². The van der Waals surface area contributed by atoms with Gasteiger partial charge in [-0.1, -0.05) is 72.3 Å². The Bertz CT molecular complexity index is 1070. The van der Waals surface area contributed by atoms with Gasteiger partial charge in [-0.05, 0) is 41.8 Å². The van der Waals surface area contributed by atoms with E-state index in [-0.39, 0.29) is 17.0 Å². The number of nitrogens with zero attached hydrogens (tertiary/aromatic N) is 2. The molecule has 28 heavy (non-hydrogen) atoms. The molecule has 0 aliphatic heterocycles. The van der Waals surface area contributed by atoms with E-state index in [1.54, 1.807) is 11.3 Å². The zero-order valence-electron chi connectivity index (χ0n) is 15.2. The van der Waals surface area contributed by atoms with Crippen molar-refractivity contribution >= 4 is 45.6 Å². The van der Waals surface area contributed by atoms with Crippen LogP contribution in [0.3, 0.4) is 0 Å². The zero-order valence-corrected chi connectivity index (χ0v) is 18.4. The number of rotatable bonds is 5. The third-order valence-electron chi connectivity index (χ3n) is 4.39. The van der Waals surface area contributed by atoms with Gasteiger partial charge in [0, 0.05) is 16.9 Å². The molecule has 142 valence electrons. The average molecular weight is 472 g/mol. The van der Waals surface area contributed by atoms with Crippen LogP contribution in [0.1, 0.15) is 5.56 Å². The fraction of sp³-hybridized carbons (Fsp3) is 0.0870. The van der Waals surface area contributed by atoms with Gasteiger partial charge in [0.1, 0.15) is 0 Å². The van der Waals surface area contributed by atoms with E-state index in [0.717, 1.165) is 34.0 Å². The normalized spacial score (nSPS) is 11.2. The fourth-order valence-corrected chi connectivity index (χ4v) is 4.07. The van der Waals surface area contributed by atoms with Gasteiger partial charge in [0.15, 0.2) is 4.80 Å². The Morgan fingerprint density at radius 2 is 1.46 bits per heavy atom. The molecule has 0 amide bonds. The number of benzene rings is 3. The van der Waals surface area contributed by atoms with E-state index in [0.29, 0.717) is 0 Å². The van der Waals surface area contributed by atoms with Crippen LogP contribution in [0.2, 0.25) is 5.02 Å². The van der Waals surface area contributed by atoms with Gasteiger partial charge in [-0.3, -0.25) is 0 Å². The van der Waals surface area contributed by atoms with Crippen molar-refractivity contribution in [2.24, 2.45) is 4.99 Å². The Morgan fingerprint density at radius 1 is 0.821 bits per heavy atom. The quantitative estimate of drug-likeness (QED) is 0.300. The SMILES string of the molecule is Br.Clc1ccc(-c2csc(=Nc3ccccc3)n2CCc2ccccc2)cc1. The van der Waals surface area contributed by atoms with Crippen LogP contribution >= 0.6 is 39.9 Å². The van der Waals surface area contributed by atoms with Crippen LogP contribution < -0.4 is 4.80 Å². The highest BCUT2D eigenvalue weighted by Gasteiger charge is 2.09. The third-order valence-corrected chi connectivity index (χ3v) is 5.50. The number of hydrogen-bond acceptors (Lipinski definition) is 2. The number of aryl methyl sites for hydroxylation is 1. The Hall–Kier alpha value is -2.14. The van der Waals surface area contributed by atoms with Gasteiger partial charge in [-0.25, -0.2) is 4.99 Å². The molecule has 0 N–H and O–H groups in total. The Kier molecular flexibility index (Phi) is 7.26. The maximum Gasteiger partial charge on any atom is 0.190 e. The number of para-hydroxylation sites is 1. The first-order valence-electron chi connectivity index (χ1n) is 8.87.